The van der Waals surface area contributed by atoms with E-state index >= 15 is 0 Å². The van der Waals surface area contributed by atoms with Crippen molar-refractivity contribution >= 4 is 17.8 Å². The molecule has 2 amide bonds. The van der Waals surface area contributed by atoms with Crippen LogP contribution in [0.15, 0.2) is 0 Å². The summed E-state index contributed by atoms with van der Waals surface area (Å²) in [4.78, 5) is 32.4. The Labute approximate surface area is 165 Å². The first kappa shape index (κ1) is 26.2. The Morgan fingerprint density at radius 2 is 1.25 bits per heavy atom. The molecule has 0 heterocycles. The molecule has 0 aromatic rings. The summed E-state index contributed by atoms with van der Waals surface area (Å²) in [6.07, 6.45) is 0.476. The second-order valence-corrected chi connectivity index (χ2v) is 5.51. The maximum atomic E-state index is 11.1. The zero-order chi connectivity index (χ0) is 20.9. The van der Waals surface area contributed by atoms with Gasteiger partial charge in [-0.25, -0.2) is 0 Å². The minimum atomic E-state index is -1.10. The summed E-state index contributed by atoms with van der Waals surface area (Å²) < 4.78 is 21.1. The second kappa shape index (κ2) is 20.0. The van der Waals surface area contributed by atoms with Gasteiger partial charge in [0.2, 0.25) is 11.8 Å². The Balaban J connectivity index is 3.13. The molecule has 0 unspecified atom stereocenters. The van der Waals surface area contributed by atoms with E-state index in [9.17, 15) is 14.4 Å². The Morgan fingerprint density at radius 3 is 1.79 bits per heavy atom. The van der Waals surface area contributed by atoms with Crippen LogP contribution in [0, 0.1) is 0 Å². The number of hydrogen-bond donors (Lipinski definition) is 4. The van der Waals surface area contributed by atoms with Gasteiger partial charge in [-0.15, -0.1) is 0 Å². The van der Waals surface area contributed by atoms with E-state index in [4.69, 9.17) is 24.1 Å². The van der Waals surface area contributed by atoms with Crippen LogP contribution in [0.3, 0.4) is 0 Å². The third-order valence-electron chi connectivity index (χ3n) is 3.15. The molecule has 0 atom stereocenters. The predicted molar refractivity (Wildman–Crippen MR) is 100 cm³/mol. The summed E-state index contributed by atoms with van der Waals surface area (Å²) in [6.45, 7) is 6.18. The second-order valence-electron chi connectivity index (χ2n) is 5.51. The van der Waals surface area contributed by atoms with Gasteiger partial charge < -0.3 is 40.0 Å². The Morgan fingerprint density at radius 1 is 0.714 bits per heavy atom. The molecule has 0 saturated heterocycles. The van der Waals surface area contributed by atoms with Crippen LogP contribution < -0.4 is 16.0 Å². The molecule has 0 aliphatic rings. The molecule has 0 radical (unpaired) electrons. The SMILES string of the molecule is CCC(=O)NCCOCCOCCNCCOCCOCC(=O)NCC(=O)O. The van der Waals surface area contributed by atoms with Gasteiger partial charge in [-0.1, -0.05) is 6.92 Å². The molecule has 4 N–H and O–H groups in total. The van der Waals surface area contributed by atoms with Crippen LogP contribution in [0.5, 0.6) is 0 Å². The standard InChI is InChI=1S/C17H33N3O8/c1-2-15(21)19-5-8-27-10-9-25-6-3-18-4-7-26-11-12-28-14-16(22)20-13-17(23)24/h18H,2-14H2,1H3,(H,19,21)(H,20,22)(H,23,24). The van der Waals surface area contributed by atoms with Crippen molar-refractivity contribution in [2.75, 3.05) is 79.0 Å². The van der Waals surface area contributed by atoms with Crippen LogP contribution in [-0.4, -0.2) is 102 Å². The number of ether oxygens (including phenoxy) is 4. The van der Waals surface area contributed by atoms with Crippen LogP contribution in [0.2, 0.25) is 0 Å². The van der Waals surface area contributed by atoms with E-state index in [1.54, 1.807) is 6.92 Å². The number of carboxylic acids is 1. The lowest BCUT2D eigenvalue weighted by Gasteiger charge is -2.08. The average molecular weight is 407 g/mol. The molecule has 0 fully saturated rings. The monoisotopic (exact) mass is 407 g/mol. The summed E-state index contributed by atoms with van der Waals surface area (Å²) in [5.74, 6) is -1.56. The van der Waals surface area contributed by atoms with Gasteiger partial charge in [0.05, 0.1) is 46.2 Å². The van der Waals surface area contributed by atoms with Crippen molar-refractivity contribution in [2.24, 2.45) is 0 Å². The van der Waals surface area contributed by atoms with Crippen molar-refractivity contribution in [1.82, 2.24) is 16.0 Å². The molecule has 164 valence electrons. The van der Waals surface area contributed by atoms with E-state index in [1.807, 2.05) is 0 Å². The van der Waals surface area contributed by atoms with Crippen LogP contribution in [-0.2, 0) is 33.3 Å². The normalized spacial score (nSPS) is 10.6. The Bertz CT molecular complexity index is 423. The summed E-state index contributed by atoms with van der Waals surface area (Å²) >= 11 is 0. The minimum Gasteiger partial charge on any atom is -0.480 e. The van der Waals surface area contributed by atoms with Crippen LogP contribution in [0.1, 0.15) is 13.3 Å². The first-order valence-electron chi connectivity index (χ1n) is 9.33. The molecular formula is C17H33N3O8. The minimum absolute atomic E-state index is 0.0165. The fourth-order valence-electron chi connectivity index (χ4n) is 1.73. The molecule has 0 bridgehead atoms. The van der Waals surface area contributed by atoms with E-state index in [-0.39, 0.29) is 19.1 Å². The summed E-state index contributed by atoms with van der Waals surface area (Å²) in [7, 11) is 0. The predicted octanol–water partition coefficient (Wildman–Crippen LogP) is -1.63. The fraction of sp³-hybridized carbons (Fsp3) is 0.824. The van der Waals surface area contributed by atoms with Gasteiger partial charge in [-0.05, 0) is 0 Å². The maximum Gasteiger partial charge on any atom is 0.322 e. The highest BCUT2D eigenvalue weighted by Gasteiger charge is 2.03. The summed E-state index contributed by atoms with van der Waals surface area (Å²) in [6, 6.07) is 0. The smallest absolute Gasteiger partial charge is 0.322 e. The number of aliphatic carboxylic acids is 1. The zero-order valence-electron chi connectivity index (χ0n) is 16.5. The molecule has 0 aromatic heterocycles. The van der Waals surface area contributed by atoms with Crippen LogP contribution in [0.4, 0.5) is 0 Å². The third-order valence-corrected chi connectivity index (χ3v) is 3.15. The number of amides is 2. The fourth-order valence-corrected chi connectivity index (χ4v) is 1.73. The number of carbonyl (C=O) groups is 3. The lowest BCUT2D eigenvalue weighted by atomic mass is 10.4. The van der Waals surface area contributed by atoms with Gasteiger partial charge in [0, 0.05) is 26.1 Å². The van der Waals surface area contributed by atoms with Crippen LogP contribution >= 0.6 is 0 Å². The van der Waals surface area contributed by atoms with E-state index < -0.39 is 18.4 Å². The average Bonchev–Trinajstić information content (AvgIpc) is 2.68. The van der Waals surface area contributed by atoms with Crippen molar-refractivity contribution in [3.05, 3.63) is 0 Å². The molecule has 0 aliphatic carbocycles. The lowest BCUT2D eigenvalue weighted by molar-refractivity contribution is -0.138. The van der Waals surface area contributed by atoms with Gasteiger partial charge >= 0.3 is 5.97 Å². The number of carbonyl (C=O) groups excluding carboxylic acids is 2. The van der Waals surface area contributed by atoms with Crippen LogP contribution in [0.25, 0.3) is 0 Å². The van der Waals surface area contributed by atoms with Crippen molar-refractivity contribution in [1.29, 1.82) is 0 Å². The molecule has 0 aromatic carbocycles. The molecule has 11 nitrogen and oxygen atoms in total. The molecule has 0 rings (SSSR count). The first-order valence-corrected chi connectivity index (χ1v) is 9.33. The Kier molecular flexibility index (Phi) is 18.7. The highest BCUT2D eigenvalue weighted by atomic mass is 16.5. The third kappa shape index (κ3) is 20.5. The topological polar surface area (TPSA) is 144 Å². The zero-order valence-corrected chi connectivity index (χ0v) is 16.5. The summed E-state index contributed by atoms with van der Waals surface area (Å²) in [5, 5.41) is 16.5. The molecule has 0 aliphatic heterocycles. The van der Waals surface area contributed by atoms with Crippen molar-refractivity contribution < 1.29 is 38.4 Å². The Hall–Kier alpha value is -1.79. The number of rotatable bonds is 20. The number of nitrogens with one attached hydrogen (secondary N) is 3. The van der Waals surface area contributed by atoms with E-state index in [2.05, 4.69) is 16.0 Å². The van der Waals surface area contributed by atoms with Gasteiger partial charge in [0.15, 0.2) is 0 Å². The van der Waals surface area contributed by atoms with Gasteiger partial charge in [-0.2, -0.15) is 0 Å². The highest BCUT2D eigenvalue weighted by Crippen LogP contribution is 1.81. The lowest BCUT2D eigenvalue weighted by Crippen LogP contribution is -2.32. The van der Waals surface area contributed by atoms with Gasteiger partial charge in [0.25, 0.3) is 0 Å². The highest BCUT2D eigenvalue weighted by molar-refractivity contribution is 5.81. The van der Waals surface area contributed by atoms with Gasteiger partial charge in [-0.3, -0.25) is 14.4 Å². The van der Waals surface area contributed by atoms with E-state index in [1.165, 1.54) is 0 Å². The first-order chi connectivity index (χ1) is 13.6. The van der Waals surface area contributed by atoms with Crippen molar-refractivity contribution in [2.45, 2.75) is 13.3 Å². The molecule has 0 saturated carbocycles. The number of carboxylic acid groups (broad SMARTS) is 1. The maximum absolute atomic E-state index is 11.1. The molecule has 28 heavy (non-hydrogen) atoms. The summed E-state index contributed by atoms with van der Waals surface area (Å²) in [5.41, 5.74) is 0. The number of hydrogen-bond acceptors (Lipinski definition) is 8. The quantitative estimate of drug-likeness (QED) is 0.175. The molecule has 0 spiro atoms. The van der Waals surface area contributed by atoms with Crippen molar-refractivity contribution in [3.8, 4) is 0 Å². The van der Waals surface area contributed by atoms with Crippen molar-refractivity contribution in [3.63, 3.8) is 0 Å². The van der Waals surface area contributed by atoms with E-state index in [0.29, 0.717) is 65.7 Å². The largest absolute Gasteiger partial charge is 0.480 e. The molecule has 11 heteroatoms. The van der Waals surface area contributed by atoms with Gasteiger partial charge in [0.1, 0.15) is 13.2 Å². The molecular weight excluding hydrogens is 374 g/mol. The van der Waals surface area contributed by atoms with E-state index in [0.717, 1.165) is 0 Å².